The summed E-state index contributed by atoms with van der Waals surface area (Å²) in [5, 5.41) is 44.0. The van der Waals surface area contributed by atoms with Crippen LogP contribution in [0.1, 0.15) is 48.5 Å². The second kappa shape index (κ2) is 14.9. The lowest BCUT2D eigenvalue weighted by atomic mass is 9.91. The van der Waals surface area contributed by atoms with Crippen LogP contribution in [0, 0.1) is 0 Å². The lowest BCUT2D eigenvalue weighted by Crippen LogP contribution is -2.40. The monoisotopic (exact) mass is 717 g/mol. The number of urea groups is 1. The molecule has 272 valence electrons. The van der Waals surface area contributed by atoms with Crippen molar-refractivity contribution >= 4 is 34.6 Å². The summed E-state index contributed by atoms with van der Waals surface area (Å²) in [6, 6.07) is 23.5. The minimum absolute atomic E-state index is 0.00780. The van der Waals surface area contributed by atoms with Crippen LogP contribution < -0.4 is 20.9 Å². The number of anilines is 3. The molecule has 2 saturated heterocycles. The highest BCUT2D eigenvalue weighted by Crippen LogP contribution is 2.39. The van der Waals surface area contributed by atoms with Crippen molar-refractivity contribution in [1.29, 1.82) is 0 Å². The third-order valence-electron chi connectivity index (χ3n) is 9.53. The number of aliphatic hydroxyl groups is 2. The molecule has 53 heavy (non-hydrogen) atoms. The van der Waals surface area contributed by atoms with E-state index in [1.54, 1.807) is 29.1 Å². The highest BCUT2D eigenvalue weighted by atomic mass is 16.6. The van der Waals surface area contributed by atoms with E-state index in [1.807, 2.05) is 48.2 Å². The van der Waals surface area contributed by atoms with E-state index in [4.69, 9.17) is 14.7 Å². The Kier molecular flexibility index (Phi) is 9.58. The molecule has 2 aliphatic heterocycles. The summed E-state index contributed by atoms with van der Waals surface area (Å²) in [4.78, 5) is 34.8. The van der Waals surface area contributed by atoms with Crippen LogP contribution in [-0.2, 0) is 11.3 Å². The second-order valence-electron chi connectivity index (χ2n) is 13.0. The maximum absolute atomic E-state index is 12.8. The maximum Gasteiger partial charge on any atom is 0.319 e. The molecule has 2 fully saturated rings. The molecule has 0 spiro atoms. The number of nitrogens with zero attached hydrogens (tertiary/aromatic N) is 10. The van der Waals surface area contributed by atoms with Crippen molar-refractivity contribution in [1.82, 2.24) is 50.0 Å². The topological polar surface area (TPSA) is 206 Å². The van der Waals surface area contributed by atoms with Gasteiger partial charge in [0.25, 0.3) is 0 Å². The Morgan fingerprint density at radius 3 is 2.47 bits per heavy atom. The molecule has 0 aliphatic carbocycles. The number of fused-ring (bicyclic) bond motifs is 1. The Morgan fingerprint density at radius 1 is 1.00 bits per heavy atom. The van der Waals surface area contributed by atoms with Crippen LogP contribution in [0.15, 0.2) is 91.5 Å². The molecule has 1 unspecified atom stereocenters. The van der Waals surface area contributed by atoms with Crippen molar-refractivity contribution in [3.8, 4) is 0 Å². The number of aryl methyl sites for hydroxylation is 1. The largest absolute Gasteiger partial charge is 0.387 e. The Bertz CT molecular complexity index is 2110. The number of nitrogens with one attached hydrogen (secondary N) is 3. The predicted octanol–water partition coefficient (Wildman–Crippen LogP) is 2.86. The van der Waals surface area contributed by atoms with Crippen LogP contribution >= 0.6 is 0 Å². The number of benzene rings is 2. The zero-order chi connectivity index (χ0) is 36.3. The van der Waals surface area contributed by atoms with Crippen LogP contribution in [0.3, 0.4) is 0 Å². The molecule has 17 nitrogen and oxygen atoms in total. The first-order chi connectivity index (χ1) is 25.9. The fraction of sp³-hybridized carbons (Fsp3) is 0.333. The summed E-state index contributed by atoms with van der Waals surface area (Å²) in [5.41, 5.74) is 3.72. The average Bonchev–Trinajstić information content (AvgIpc) is 4.00. The number of carbonyl (C=O) groups excluding carboxylic acids is 1. The number of hydrogen-bond donors (Lipinski definition) is 5. The number of aliphatic hydroxyl groups excluding tert-OH is 2. The second-order valence-corrected chi connectivity index (χ2v) is 13.0. The van der Waals surface area contributed by atoms with Gasteiger partial charge < -0.3 is 35.8 Å². The molecular weight excluding hydrogens is 678 g/mol. The van der Waals surface area contributed by atoms with Crippen LogP contribution in [0.4, 0.5) is 22.2 Å². The predicted molar refractivity (Wildman–Crippen MR) is 194 cm³/mol. The highest BCUT2D eigenvalue weighted by Gasteiger charge is 2.47. The van der Waals surface area contributed by atoms with Gasteiger partial charge in [0.2, 0.25) is 11.8 Å². The molecule has 0 saturated carbocycles. The number of amides is 2. The Balaban J connectivity index is 1.10. The first kappa shape index (κ1) is 34.1. The van der Waals surface area contributed by atoms with Crippen molar-refractivity contribution in [2.75, 3.05) is 35.2 Å². The molecule has 6 heterocycles. The molecule has 2 aromatic carbocycles. The third-order valence-corrected chi connectivity index (χ3v) is 9.53. The number of imidazole rings is 1. The van der Waals surface area contributed by atoms with E-state index < -0.39 is 24.5 Å². The van der Waals surface area contributed by atoms with Gasteiger partial charge in [-0.2, -0.15) is 14.8 Å². The zero-order valence-electron chi connectivity index (χ0n) is 28.8. The normalized spacial score (nSPS) is 21.4. The summed E-state index contributed by atoms with van der Waals surface area (Å²) in [6.45, 7) is 3.88. The zero-order valence-corrected chi connectivity index (χ0v) is 28.8. The Hall–Kier alpha value is -6.04. The third kappa shape index (κ3) is 7.09. The van der Waals surface area contributed by atoms with Crippen LogP contribution in [0.2, 0.25) is 0 Å². The van der Waals surface area contributed by atoms with E-state index in [9.17, 15) is 15.0 Å². The van der Waals surface area contributed by atoms with Crippen molar-refractivity contribution in [3.63, 3.8) is 0 Å². The van der Waals surface area contributed by atoms with Gasteiger partial charge in [-0.05, 0) is 41.8 Å². The van der Waals surface area contributed by atoms with Gasteiger partial charge in [-0.3, -0.25) is 9.55 Å². The van der Waals surface area contributed by atoms with Crippen molar-refractivity contribution < 1.29 is 19.7 Å². The number of rotatable bonds is 11. The molecule has 6 aromatic rings. The van der Waals surface area contributed by atoms with E-state index >= 15 is 0 Å². The molecule has 5 N–H and O–H groups in total. The quantitative estimate of drug-likeness (QED) is 0.131. The van der Waals surface area contributed by atoms with Gasteiger partial charge in [0.05, 0.1) is 24.8 Å². The number of aromatic nitrogens is 9. The van der Waals surface area contributed by atoms with Gasteiger partial charge in [-0.25, -0.2) is 9.78 Å². The smallest absolute Gasteiger partial charge is 0.319 e. The lowest BCUT2D eigenvalue weighted by molar-refractivity contribution is -0.0384. The molecule has 0 radical (unpaired) electrons. The van der Waals surface area contributed by atoms with Crippen LogP contribution in [-0.4, -0.2) is 98.8 Å². The van der Waals surface area contributed by atoms with Gasteiger partial charge in [0.1, 0.15) is 12.2 Å². The number of ether oxygens (including phenoxy) is 1. The first-order valence-corrected chi connectivity index (χ1v) is 17.5. The van der Waals surface area contributed by atoms with Gasteiger partial charge >= 0.3 is 6.03 Å². The standard InChI is InChI=1S/C36H39N13O4/c1-2-49-45-32(44-46-49)30-28(50)29(51)34(53-30)48-21-39-27-31(38-19-26(22-10-5-3-6-11-22)23-12-7-4-8-13-23)42-35(43-33(27)48)47-17-15-25(20-47)41-36(52)40-24-14-9-16-37-18-24/h3-14,16,18,21,25-26,28-30,34,50-51H,2,15,17,19-20H2,1H3,(H,38,42,43)(H2,40,41,52)/t25?,28-,29+,30-,34+/m0/s1. The van der Waals surface area contributed by atoms with E-state index in [0.717, 1.165) is 11.1 Å². The summed E-state index contributed by atoms with van der Waals surface area (Å²) in [5.74, 6) is 1.06. The summed E-state index contributed by atoms with van der Waals surface area (Å²) < 4.78 is 7.80. The van der Waals surface area contributed by atoms with Crippen LogP contribution in [0.5, 0.6) is 0 Å². The van der Waals surface area contributed by atoms with E-state index in [0.29, 0.717) is 61.2 Å². The van der Waals surface area contributed by atoms with E-state index in [-0.39, 0.29) is 23.8 Å². The first-order valence-electron chi connectivity index (χ1n) is 17.5. The minimum atomic E-state index is -1.35. The highest BCUT2D eigenvalue weighted by molar-refractivity contribution is 5.89. The van der Waals surface area contributed by atoms with Gasteiger partial charge in [-0.15, -0.1) is 10.2 Å². The van der Waals surface area contributed by atoms with Gasteiger partial charge in [0.15, 0.2) is 29.3 Å². The fourth-order valence-electron chi connectivity index (χ4n) is 6.81. The van der Waals surface area contributed by atoms with E-state index in [2.05, 4.69) is 65.6 Å². The summed E-state index contributed by atoms with van der Waals surface area (Å²) >= 11 is 0. The average molecular weight is 718 g/mol. The van der Waals surface area contributed by atoms with Crippen molar-refractivity contribution in [2.45, 2.75) is 56.4 Å². The number of carbonyl (C=O) groups is 1. The van der Waals surface area contributed by atoms with Gasteiger partial charge in [-0.1, -0.05) is 60.7 Å². The number of hydrogen-bond acceptors (Lipinski definition) is 13. The molecule has 2 aliphatic rings. The van der Waals surface area contributed by atoms with Crippen molar-refractivity contribution in [2.24, 2.45) is 0 Å². The molecular formula is C36H39N13O4. The Morgan fingerprint density at radius 2 is 1.77 bits per heavy atom. The molecule has 5 atom stereocenters. The van der Waals surface area contributed by atoms with Gasteiger partial charge in [0, 0.05) is 37.8 Å². The fourth-order valence-corrected chi connectivity index (χ4v) is 6.81. The maximum atomic E-state index is 12.8. The van der Waals surface area contributed by atoms with E-state index in [1.165, 1.54) is 11.1 Å². The minimum Gasteiger partial charge on any atom is -0.387 e. The van der Waals surface area contributed by atoms with Crippen molar-refractivity contribution in [3.05, 3.63) is 108 Å². The lowest BCUT2D eigenvalue weighted by Gasteiger charge is -2.22. The molecule has 4 aromatic heterocycles. The molecule has 8 rings (SSSR count). The SMILES string of the molecule is CCn1nnc([C@H]2O[C@@H](n3cnc4c(NCC(c5ccccc5)c5ccccc5)nc(N5CCC(NC(=O)Nc6cccnc6)C5)nc43)[C@H](O)[C@@H]2O)n1. The summed E-state index contributed by atoms with van der Waals surface area (Å²) in [7, 11) is 0. The molecule has 2 amide bonds. The molecule has 0 bridgehead atoms. The Labute approximate surface area is 304 Å². The van der Waals surface area contributed by atoms with Crippen LogP contribution in [0.25, 0.3) is 11.2 Å². The number of pyridine rings is 1. The number of tetrazole rings is 1. The molecule has 17 heteroatoms. The summed E-state index contributed by atoms with van der Waals surface area (Å²) in [6.07, 6.45) is 0.658.